The van der Waals surface area contributed by atoms with Crippen molar-refractivity contribution in [1.29, 1.82) is 0 Å². The van der Waals surface area contributed by atoms with Crippen LogP contribution in [0.5, 0.6) is 0 Å². The van der Waals surface area contributed by atoms with Crippen molar-refractivity contribution in [3.63, 3.8) is 0 Å². The van der Waals surface area contributed by atoms with Crippen molar-refractivity contribution in [2.75, 3.05) is 0 Å². The fourth-order valence-electron chi connectivity index (χ4n) is 1.88. The summed E-state index contributed by atoms with van der Waals surface area (Å²) in [4.78, 5) is 15.7. The fraction of sp³-hybridized carbons (Fsp3) is 0.600. The average molecular weight is 193 g/mol. The minimum absolute atomic E-state index is 0.0694. The second kappa shape index (κ2) is 2.83. The molecule has 1 aromatic heterocycles. The molecule has 1 aromatic rings. The summed E-state index contributed by atoms with van der Waals surface area (Å²) in [6.45, 7) is 4.03. The summed E-state index contributed by atoms with van der Waals surface area (Å²) in [7, 11) is 1.95. The van der Waals surface area contributed by atoms with Crippen LogP contribution in [0.4, 0.5) is 0 Å². The first-order chi connectivity index (χ1) is 6.59. The molecule has 4 heteroatoms. The first-order valence-electron chi connectivity index (χ1n) is 4.87. The minimum atomic E-state index is -0.279. The molecule has 76 valence electrons. The van der Waals surface area contributed by atoms with E-state index in [4.69, 9.17) is 0 Å². The van der Waals surface area contributed by atoms with Crippen LogP contribution in [0.2, 0.25) is 0 Å². The van der Waals surface area contributed by atoms with Crippen molar-refractivity contribution in [2.45, 2.75) is 26.3 Å². The largest absolute Gasteiger partial charge is 0.344 e. The van der Waals surface area contributed by atoms with Gasteiger partial charge in [0.2, 0.25) is 5.91 Å². The normalized spacial score (nSPS) is 31.1. The highest BCUT2D eigenvalue weighted by Crippen LogP contribution is 2.43. The van der Waals surface area contributed by atoms with Gasteiger partial charge >= 0.3 is 0 Å². The van der Waals surface area contributed by atoms with Crippen LogP contribution >= 0.6 is 0 Å². The Labute approximate surface area is 83.3 Å². The van der Waals surface area contributed by atoms with Crippen LogP contribution in [0.1, 0.15) is 32.1 Å². The van der Waals surface area contributed by atoms with Gasteiger partial charge in [-0.05, 0) is 13.3 Å². The molecule has 1 aliphatic heterocycles. The molecular formula is C10H15N3O. The van der Waals surface area contributed by atoms with E-state index in [1.54, 1.807) is 6.20 Å². The fourth-order valence-corrected chi connectivity index (χ4v) is 1.88. The van der Waals surface area contributed by atoms with Gasteiger partial charge < -0.3 is 9.88 Å². The molecule has 2 heterocycles. The number of carbonyl (C=O) groups excluding carboxylic acids is 1. The second-order valence-electron chi connectivity index (χ2n) is 4.07. The van der Waals surface area contributed by atoms with Crippen LogP contribution in [0.15, 0.2) is 12.4 Å². The first-order valence-corrected chi connectivity index (χ1v) is 4.87. The number of amides is 1. The van der Waals surface area contributed by atoms with Crippen LogP contribution in [-0.4, -0.2) is 15.5 Å². The van der Waals surface area contributed by atoms with E-state index in [2.05, 4.69) is 10.3 Å². The van der Waals surface area contributed by atoms with E-state index in [-0.39, 0.29) is 17.4 Å². The zero-order valence-electron chi connectivity index (χ0n) is 8.74. The molecular weight excluding hydrogens is 178 g/mol. The number of β-lactam (4-membered cyclic amide) rings is 1. The lowest BCUT2D eigenvalue weighted by Gasteiger charge is -2.45. The molecule has 1 aliphatic rings. The Hall–Kier alpha value is -1.32. The van der Waals surface area contributed by atoms with E-state index >= 15 is 0 Å². The number of aromatic nitrogens is 2. The third-order valence-electron chi connectivity index (χ3n) is 3.28. The van der Waals surface area contributed by atoms with E-state index < -0.39 is 0 Å². The quantitative estimate of drug-likeness (QED) is 0.712. The van der Waals surface area contributed by atoms with Crippen LogP contribution in [0, 0.1) is 5.41 Å². The molecule has 4 nitrogen and oxygen atoms in total. The van der Waals surface area contributed by atoms with Crippen LogP contribution in [-0.2, 0) is 11.8 Å². The van der Waals surface area contributed by atoms with Crippen molar-refractivity contribution in [2.24, 2.45) is 12.5 Å². The van der Waals surface area contributed by atoms with Crippen LogP contribution in [0.25, 0.3) is 0 Å². The molecule has 1 amide bonds. The van der Waals surface area contributed by atoms with Crippen molar-refractivity contribution < 1.29 is 4.79 Å². The number of nitrogens with one attached hydrogen (secondary N) is 1. The van der Waals surface area contributed by atoms with Crippen molar-refractivity contribution >= 4 is 5.91 Å². The number of hydrogen-bond donors (Lipinski definition) is 1. The predicted octanol–water partition coefficient (Wildman–Crippen LogP) is 1.01. The van der Waals surface area contributed by atoms with Crippen LogP contribution in [0.3, 0.4) is 0 Å². The van der Waals surface area contributed by atoms with Gasteiger partial charge in [-0.3, -0.25) is 4.79 Å². The van der Waals surface area contributed by atoms with E-state index in [1.165, 1.54) is 0 Å². The molecule has 14 heavy (non-hydrogen) atoms. The summed E-state index contributed by atoms with van der Waals surface area (Å²) in [5.41, 5.74) is -0.279. The standard InChI is InChI=1S/C10H15N3O/c1-4-10(2)7(12-9(10)14)8-11-5-6-13(8)3/h5-7H,4H2,1-3H3,(H,12,14). The Bertz CT molecular complexity index is 371. The van der Waals surface area contributed by atoms with Gasteiger partial charge in [0, 0.05) is 19.4 Å². The maximum atomic E-state index is 11.5. The zero-order valence-corrected chi connectivity index (χ0v) is 8.74. The highest BCUT2D eigenvalue weighted by atomic mass is 16.2. The average Bonchev–Trinajstić information content (AvgIpc) is 2.59. The lowest BCUT2D eigenvalue weighted by Crippen LogP contribution is -2.59. The molecule has 0 bridgehead atoms. The van der Waals surface area contributed by atoms with Crippen molar-refractivity contribution in [3.05, 3.63) is 18.2 Å². The maximum absolute atomic E-state index is 11.5. The van der Waals surface area contributed by atoms with E-state index in [9.17, 15) is 4.79 Å². The minimum Gasteiger partial charge on any atom is -0.344 e. The van der Waals surface area contributed by atoms with Gasteiger partial charge in [-0.25, -0.2) is 4.98 Å². The Morgan fingerprint density at radius 1 is 1.71 bits per heavy atom. The van der Waals surface area contributed by atoms with Crippen molar-refractivity contribution in [1.82, 2.24) is 14.9 Å². The molecule has 1 fully saturated rings. The van der Waals surface area contributed by atoms with Gasteiger partial charge in [-0.2, -0.15) is 0 Å². The van der Waals surface area contributed by atoms with Gasteiger partial charge in [0.1, 0.15) is 11.9 Å². The molecule has 1 saturated heterocycles. The summed E-state index contributed by atoms with van der Waals surface area (Å²) >= 11 is 0. The number of nitrogens with zero attached hydrogens (tertiary/aromatic N) is 2. The lowest BCUT2D eigenvalue weighted by atomic mass is 9.72. The highest BCUT2D eigenvalue weighted by molar-refractivity contribution is 5.89. The van der Waals surface area contributed by atoms with E-state index in [0.29, 0.717) is 0 Å². The van der Waals surface area contributed by atoms with E-state index in [0.717, 1.165) is 12.2 Å². The summed E-state index contributed by atoms with van der Waals surface area (Å²) < 4.78 is 1.96. The molecule has 0 aromatic carbocycles. The molecule has 0 saturated carbocycles. The summed E-state index contributed by atoms with van der Waals surface area (Å²) in [5, 5.41) is 2.91. The zero-order chi connectivity index (χ0) is 10.3. The Kier molecular flexibility index (Phi) is 1.87. The van der Waals surface area contributed by atoms with Gasteiger partial charge in [0.05, 0.1) is 5.41 Å². The van der Waals surface area contributed by atoms with Crippen LogP contribution < -0.4 is 5.32 Å². The van der Waals surface area contributed by atoms with Gasteiger partial charge in [0.15, 0.2) is 0 Å². The molecule has 0 radical (unpaired) electrons. The smallest absolute Gasteiger partial charge is 0.229 e. The summed E-state index contributed by atoms with van der Waals surface area (Å²) in [6.07, 6.45) is 4.50. The molecule has 2 rings (SSSR count). The van der Waals surface area contributed by atoms with Crippen molar-refractivity contribution in [3.8, 4) is 0 Å². The molecule has 0 aliphatic carbocycles. The SMILES string of the molecule is CCC1(C)C(=O)NC1c1nccn1C. The Balaban J connectivity index is 2.31. The Morgan fingerprint density at radius 3 is 2.86 bits per heavy atom. The maximum Gasteiger partial charge on any atom is 0.229 e. The number of carbonyl (C=O) groups is 1. The topological polar surface area (TPSA) is 46.9 Å². The number of imidazole rings is 1. The summed E-state index contributed by atoms with van der Waals surface area (Å²) in [5.74, 6) is 1.07. The van der Waals surface area contributed by atoms with Gasteiger partial charge in [-0.15, -0.1) is 0 Å². The first kappa shape index (κ1) is 9.24. The second-order valence-corrected chi connectivity index (χ2v) is 4.07. The van der Waals surface area contributed by atoms with Gasteiger partial charge in [0.25, 0.3) is 0 Å². The summed E-state index contributed by atoms with van der Waals surface area (Å²) in [6, 6.07) is 0.0694. The Morgan fingerprint density at radius 2 is 2.43 bits per heavy atom. The number of rotatable bonds is 2. The third kappa shape index (κ3) is 0.997. The third-order valence-corrected chi connectivity index (χ3v) is 3.28. The van der Waals surface area contributed by atoms with Gasteiger partial charge in [-0.1, -0.05) is 6.92 Å². The molecule has 0 spiro atoms. The predicted molar refractivity (Wildman–Crippen MR) is 52.5 cm³/mol. The van der Waals surface area contributed by atoms with E-state index in [1.807, 2.05) is 31.7 Å². The number of hydrogen-bond acceptors (Lipinski definition) is 2. The molecule has 1 N–H and O–H groups in total. The number of aryl methyl sites for hydroxylation is 1. The monoisotopic (exact) mass is 193 g/mol. The lowest BCUT2D eigenvalue weighted by molar-refractivity contribution is -0.145. The highest BCUT2D eigenvalue weighted by Gasteiger charge is 2.52. The molecule has 2 atom stereocenters. The molecule has 2 unspecified atom stereocenters.